The van der Waals surface area contributed by atoms with Gasteiger partial charge in [0.15, 0.2) is 0 Å². The molecule has 0 atom stereocenters. The lowest BCUT2D eigenvalue weighted by Gasteiger charge is -2.09. The SMILES string of the molecule is Nc1cccc(F)c1NC(=O)c1ncccc1Br. The molecule has 4 nitrogen and oxygen atoms in total. The lowest BCUT2D eigenvalue weighted by atomic mass is 10.2. The first-order chi connectivity index (χ1) is 8.59. The van der Waals surface area contributed by atoms with Crippen molar-refractivity contribution in [1.29, 1.82) is 0 Å². The highest BCUT2D eigenvalue weighted by atomic mass is 79.9. The summed E-state index contributed by atoms with van der Waals surface area (Å²) in [5, 5.41) is 2.40. The van der Waals surface area contributed by atoms with Crippen LogP contribution in [0.4, 0.5) is 15.8 Å². The number of amides is 1. The van der Waals surface area contributed by atoms with Crippen molar-refractivity contribution in [1.82, 2.24) is 4.98 Å². The summed E-state index contributed by atoms with van der Waals surface area (Å²) in [7, 11) is 0. The number of nitrogens with zero attached hydrogens (tertiary/aromatic N) is 1. The number of para-hydroxylation sites is 1. The maximum absolute atomic E-state index is 13.5. The molecular weight excluding hydrogens is 301 g/mol. The topological polar surface area (TPSA) is 68.0 Å². The third-order valence-electron chi connectivity index (χ3n) is 2.26. The number of hydrogen-bond donors (Lipinski definition) is 2. The molecule has 0 saturated heterocycles. The molecule has 0 fully saturated rings. The Balaban J connectivity index is 2.30. The Morgan fingerprint density at radius 1 is 1.33 bits per heavy atom. The summed E-state index contributed by atoms with van der Waals surface area (Å²) >= 11 is 3.20. The molecule has 92 valence electrons. The fraction of sp³-hybridized carbons (Fsp3) is 0. The Labute approximate surface area is 111 Å². The van der Waals surface area contributed by atoms with E-state index in [1.807, 2.05) is 0 Å². The minimum absolute atomic E-state index is 0.0416. The van der Waals surface area contributed by atoms with E-state index < -0.39 is 11.7 Å². The van der Waals surface area contributed by atoms with Gasteiger partial charge in [-0.15, -0.1) is 0 Å². The van der Waals surface area contributed by atoms with Gasteiger partial charge in [-0.1, -0.05) is 6.07 Å². The summed E-state index contributed by atoms with van der Waals surface area (Å²) in [6.07, 6.45) is 1.48. The van der Waals surface area contributed by atoms with E-state index in [2.05, 4.69) is 26.2 Å². The van der Waals surface area contributed by atoms with Gasteiger partial charge in [-0.3, -0.25) is 4.79 Å². The van der Waals surface area contributed by atoms with Crippen LogP contribution < -0.4 is 11.1 Å². The second-order valence-electron chi connectivity index (χ2n) is 3.49. The molecule has 1 heterocycles. The molecule has 0 spiro atoms. The van der Waals surface area contributed by atoms with Gasteiger partial charge in [-0.2, -0.15) is 0 Å². The van der Waals surface area contributed by atoms with Gasteiger partial charge < -0.3 is 11.1 Å². The molecule has 0 aliphatic heterocycles. The Morgan fingerprint density at radius 3 is 2.78 bits per heavy atom. The largest absolute Gasteiger partial charge is 0.397 e. The lowest BCUT2D eigenvalue weighted by Crippen LogP contribution is -2.16. The molecule has 2 rings (SSSR count). The number of rotatable bonds is 2. The Morgan fingerprint density at radius 2 is 2.11 bits per heavy atom. The summed E-state index contributed by atoms with van der Waals surface area (Å²) in [5.74, 6) is -1.12. The first-order valence-corrected chi connectivity index (χ1v) is 5.84. The smallest absolute Gasteiger partial charge is 0.275 e. The van der Waals surface area contributed by atoms with Crippen molar-refractivity contribution in [3.8, 4) is 0 Å². The first kappa shape index (κ1) is 12.5. The minimum atomic E-state index is -0.588. The Bertz CT molecular complexity index is 583. The number of halogens is 2. The minimum Gasteiger partial charge on any atom is -0.397 e. The molecule has 6 heteroatoms. The van der Waals surface area contributed by atoms with Crippen LogP contribution in [0, 0.1) is 5.82 Å². The highest BCUT2D eigenvalue weighted by molar-refractivity contribution is 9.10. The molecule has 0 aliphatic rings. The third kappa shape index (κ3) is 2.48. The maximum Gasteiger partial charge on any atom is 0.275 e. The average Bonchev–Trinajstić information content (AvgIpc) is 2.34. The second kappa shape index (κ2) is 5.14. The van der Waals surface area contributed by atoms with E-state index in [0.717, 1.165) is 0 Å². The molecule has 0 unspecified atom stereocenters. The van der Waals surface area contributed by atoms with Gasteiger partial charge in [0.25, 0.3) is 5.91 Å². The molecule has 18 heavy (non-hydrogen) atoms. The molecule has 0 bridgehead atoms. The van der Waals surface area contributed by atoms with Gasteiger partial charge in [0.1, 0.15) is 17.2 Å². The van der Waals surface area contributed by atoms with E-state index in [1.165, 1.54) is 24.4 Å². The van der Waals surface area contributed by atoms with Crippen molar-refractivity contribution in [2.24, 2.45) is 0 Å². The van der Waals surface area contributed by atoms with Crippen LogP contribution in [0.15, 0.2) is 41.0 Å². The summed E-state index contributed by atoms with van der Waals surface area (Å²) < 4.78 is 14.0. The van der Waals surface area contributed by atoms with E-state index in [-0.39, 0.29) is 17.1 Å². The second-order valence-corrected chi connectivity index (χ2v) is 4.35. The molecule has 1 aromatic heterocycles. The zero-order valence-electron chi connectivity index (χ0n) is 9.15. The lowest BCUT2D eigenvalue weighted by molar-refractivity contribution is 0.102. The number of nitrogens with two attached hydrogens (primary N) is 1. The van der Waals surface area contributed by atoms with Crippen LogP contribution in [0.5, 0.6) is 0 Å². The number of nitrogen functional groups attached to an aromatic ring is 1. The van der Waals surface area contributed by atoms with Crippen molar-refractivity contribution in [2.45, 2.75) is 0 Å². The normalized spacial score (nSPS) is 10.1. The molecule has 0 aliphatic carbocycles. The number of anilines is 2. The van der Waals surface area contributed by atoms with Gasteiger partial charge >= 0.3 is 0 Å². The van der Waals surface area contributed by atoms with E-state index in [0.29, 0.717) is 4.47 Å². The zero-order valence-corrected chi connectivity index (χ0v) is 10.7. The predicted octanol–water partition coefficient (Wildman–Crippen LogP) is 2.82. The van der Waals surface area contributed by atoms with Crippen LogP contribution in [0.2, 0.25) is 0 Å². The molecular formula is C12H9BrFN3O. The number of aromatic nitrogens is 1. The highest BCUT2D eigenvalue weighted by Gasteiger charge is 2.14. The van der Waals surface area contributed by atoms with Gasteiger partial charge in [-0.05, 0) is 40.2 Å². The van der Waals surface area contributed by atoms with Crippen molar-refractivity contribution < 1.29 is 9.18 Å². The summed E-state index contributed by atoms with van der Waals surface area (Å²) in [6.45, 7) is 0. The van der Waals surface area contributed by atoms with Crippen molar-refractivity contribution in [3.05, 3.63) is 52.5 Å². The van der Waals surface area contributed by atoms with Gasteiger partial charge in [0.2, 0.25) is 0 Å². The quantitative estimate of drug-likeness (QED) is 0.838. The molecule has 0 radical (unpaired) electrons. The molecule has 3 N–H and O–H groups in total. The number of pyridine rings is 1. The maximum atomic E-state index is 13.5. The molecule has 0 saturated carbocycles. The first-order valence-electron chi connectivity index (χ1n) is 5.05. The van der Waals surface area contributed by atoms with E-state index in [1.54, 1.807) is 12.1 Å². The summed E-state index contributed by atoms with van der Waals surface area (Å²) in [5.41, 5.74) is 5.89. The van der Waals surface area contributed by atoms with Crippen LogP contribution in [0.3, 0.4) is 0 Å². The van der Waals surface area contributed by atoms with Crippen molar-refractivity contribution >= 4 is 33.2 Å². The molecule has 1 aromatic carbocycles. The van der Waals surface area contributed by atoms with Crippen molar-refractivity contribution in [2.75, 3.05) is 11.1 Å². The molecule has 2 aromatic rings. The van der Waals surface area contributed by atoms with Crippen LogP contribution in [0.25, 0.3) is 0 Å². The van der Waals surface area contributed by atoms with Crippen LogP contribution in [0.1, 0.15) is 10.5 Å². The monoisotopic (exact) mass is 309 g/mol. The van der Waals surface area contributed by atoms with E-state index in [9.17, 15) is 9.18 Å². The number of carbonyl (C=O) groups is 1. The van der Waals surface area contributed by atoms with Crippen LogP contribution in [-0.4, -0.2) is 10.9 Å². The fourth-order valence-electron chi connectivity index (χ4n) is 1.40. The zero-order chi connectivity index (χ0) is 13.1. The van der Waals surface area contributed by atoms with Gasteiger partial charge in [0.05, 0.1) is 5.69 Å². The fourth-order valence-corrected chi connectivity index (χ4v) is 1.83. The standard InChI is InChI=1S/C12H9BrFN3O/c13-7-3-2-6-16-10(7)12(18)17-11-8(14)4-1-5-9(11)15/h1-6H,15H2,(H,17,18). The van der Waals surface area contributed by atoms with E-state index >= 15 is 0 Å². The number of benzene rings is 1. The number of nitrogens with one attached hydrogen (secondary N) is 1. The third-order valence-corrected chi connectivity index (χ3v) is 2.90. The predicted molar refractivity (Wildman–Crippen MR) is 70.7 cm³/mol. The summed E-state index contributed by atoms with van der Waals surface area (Å²) in [4.78, 5) is 15.8. The van der Waals surface area contributed by atoms with Crippen LogP contribution in [-0.2, 0) is 0 Å². The molecule has 1 amide bonds. The van der Waals surface area contributed by atoms with Gasteiger partial charge in [-0.25, -0.2) is 9.37 Å². The summed E-state index contributed by atoms with van der Waals surface area (Å²) in [6, 6.07) is 7.55. The highest BCUT2D eigenvalue weighted by Crippen LogP contribution is 2.23. The van der Waals surface area contributed by atoms with E-state index in [4.69, 9.17) is 5.73 Å². The number of hydrogen-bond acceptors (Lipinski definition) is 3. The van der Waals surface area contributed by atoms with Crippen LogP contribution >= 0.6 is 15.9 Å². The Hall–Kier alpha value is -1.95. The van der Waals surface area contributed by atoms with Gasteiger partial charge in [0, 0.05) is 10.7 Å². The Kier molecular flexibility index (Phi) is 3.57. The number of carbonyl (C=O) groups excluding carboxylic acids is 1. The average molecular weight is 310 g/mol. The van der Waals surface area contributed by atoms with Crippen molar-refractivity contribution in [3.63, 3.8) is 0 Å².